The number of amides is 3. The number of nitrogens with zero attached hydrogens (tertiary/aromatic N) is 2. The molecule has 1 aliphatic rings. The van der Waals surface area contributed by atoms with Crippen LogP contribution in [0.3, 0.4) is 0 Å². The molecule has 0 saturated carbocycles. The van der Waals surface area contributed by atoms with Crippen molar-refractivity contribution in [1.82, 2.24) is 15.1 Å². The Bertz CT molecular complexity index is 938. The second-order valence-electron chi connectivity index (χ2n) is 8.72. The third-order valence-corrected chi connectivity index (χ3v) is 6.19. The van der Waals surface area contributed by atoms with E-state index >= 15 is 0 Å². The molecule has 0 bridgehead atoms. The molecule has 1 fully saturated rings. The van der Waals surface area contributed by atoms with E-state index in [2.05, 4.69) is 10.6 Å². The number of hydrogen-bond donors (Lipinski definition) is 2. The fraction of sp³-hybridized carbons (Fsp3) is 0.423. The monoisotopic (exact) mass is 450 g/mol. The lowest BCUT2D eigenvalue weighted by Gasteiger charge is -2.37. The fourth-order valence-electron chi connectivity index (χ4n) is 3.86. The standard InChI is InChI=1S/C26H34N4O3/c1-4-20(3)24(28-25(32)21-8-6-5-7-9-21)26(33)30-16-14-29(15-17-30)18-23(31)27-22-12-10-19(2)11-13-22/h5-13,20,24H,4,14-18H2,1-3H3,(H,27,31)(H,28,32)/t20-,24-/m0/s1. The van der Waals surface area contributed by atoms with Gasteiger partial charge in [0.1, 0.15) is 6.04 Å². The van der Waals surface area contributed by atoms with Crippen LogP contribution in [0.25, 0.3) is 0 Å². The van der Waals surface area contributed by atoms with E-state index in [1.807, 2.05) is 68.1 Å². The van der Waals surface area contributed by atoms with Crippen molar-refractivity contribution in [2.24, 2.45) is 5.92 Å². The Morgan fingerprint density at radius 3 is 2.18 bits per heavy atom. The first kappa shape index (κ1) is 24.5. The molecule has 0 spiro atoms. The molecule has 2 aromatic rings. The molecule has 7 heteroatoms. The summed E-state index contributed by atoms with van der Waals surface area (Å²) in [5.41, 5.74) is 2.47. The van der Waals surface area contributed by atoms with Gasteiger partial charge in [-0.05, 0) is 37.1 Å². The Morgan fingerprint density at radius 1 is 0.939 bits per heavy atom. The Balaban J connectivity index is 1.52. The van der Waals surface area contributed by atoms with E-state index < -0.39 is 6.04 Å². The van der Waals surface area contributed by atoms with Crippen molar-refractivity contribution >= 4 is 23.4 Å². The number of anilines is 1. The highest BCUT2D eigenvalue weighted by atomic mass is 16.2. The van der Waals surface area contributed by atoms with Gasteiger partial charge in [-0.2, -0.15) is 0 Å². The number of piperazine rings is 1. The minimum absolute atomic E-state index is 0.0171. The van der Waals surface area contributed by atoms with Gasteiger partial charge in [0, 0.05) is 37.4 Å². The Hall–Kier alpha value is -3.19. The Morgan fingerprint density at radius 2 is 1.58 bits per heavy atom. The summed E-state index contributed by atoms with van der Waals surface area (Å²) in [4.78, 5) is 42.2. The van der Waals surface area contributed by atoms with E-state index in [0.717, 1.165) is 17.7 Å². The van der Waals surface area contributed by atoms with Crippen LogP contribution in [-0.4, -0.2) is 66.3 Å². The van der Waals surface area contributed by atoms with Crippen LogP contribution in [0, 0.1) is 12.8 Å². The molecule has 1 saturated heterocycles. The fourth-order valence-corrected chi connectivity index (χ4v) is 3.86. The lowest BCUT2D eigenvalue weighted by molar-refractivity contribution is -0.136. The highest BCUT2D eigenvalue weighted by Gasteiger charge is 2.32. The number of carbonyl (C=O) groups is 3. The van der Waals surface area contributed by atoms with E-state index in [1.165, 1.54) is 0 Å². The number of aryl methyl sites for hydroxylation is 1. The highest BCUT2D eigenvalue weighted by Crippen LogP contribution is 2.15. The number of hydrogen-bond acceptors (Lipinski definition) is 4. The zero-order chi connectivity index (χ0) is 23.8. The van der Waals surface area contributed by atoms with Crippen molar-refractivity contribution in [1.29, 1.82) is 0 Å². The summed E-state index contributed by atoms with van der Waals surface area (Å²) in [6.45, 7) is 8.60. The minimum Gasteiger partial charge on any atom is -0.340 e. The van der Waals surface area contributed by atoms with Gasteiger partial charge in [0.25, 0.3) is 5.91 Å². The maximum Gasteiger partial charge on any atom is 0.251 e. The van der Waals surface area contributed by atoms with Crippen molar-refractivity contribution in [2.75, 3.05) is 38.0 Å². The van der Waals surface area contributed by atoms with Gasteiger partial charge in [-0.15, -0.1) is 0 Å². The largest absolute Gasteiger partial charge is 0.340 e. The number of nitrogens with one attached hydrogen (secondary N) is 2. The van der Waals surface area contributed by atoms with Gasteiger partial charge in [-0.3, -0.25) is 19.3 Å². The zero-order valence-electron chi connectivity index (χ0n) is 19.7. The Kier molecular flexibility index (Phi) is 8.60. The molecule has 0 aromatic heterocycles. The topological polar surface area (TPSA) is 81.8 Å². The normalized spacial score (nSPS) is 16.0. The summed E-state index contributed by atoms with van der Waals surface area (Å²) in [6.07, 6.45) is 0.782. The van der Waals surface area contributed by atoms with E-state index in [4.69, 9.17) is 0 Å². The van der Waals surface area contributed by atoms with Crippen molar-refractivity contribution < 1.29 is 14.4 Å². The van der Waals surface area contributed by atoms with Crippen molar-refractivity contribution in [3.63, 3.8) is 0 Å². The van der Waals surface area contributed by atoms with Crippen molar-refractivity contribution in [3.05, 3.63) is 65.7 Å². The van der Waals surface area contributed by atoms with Crippen LogP contribution in [0.2, 0.25) is 0 Å². The first-order chi connectivity index (χ1) is 15.9. The highest BCUT2D eigenvalue weighted by molar-refractivity contribution is 5.97. The van der Waals surface area contributed by atoms with Crippen molar-refractivity contribution in [3.8, 4) is 0 Å². The maximum absolute atomic E-state index is 13.3. The second-order valence-corrected chi connectivity index (χ2v) is 8.72. The lowest BCUT2D eigenvalue weighted by atomic mass is 9.97. The van der Waals surface area contributed by atoms with Crippen LogP contribution in [-0.2, 0) is 9.59 Å². The molecule has 2 atom stereocenters. The summed E-state index contributed by atoms with van der Waals surface area (Å²) in [5.74, 6) is -0.340. The van der Waals surface area contributed by atoms with Gasteiger partial charge in [-0.25, -0.2) is 0 Å². The van der Waals surface area contributed by atoms with E-state index in [1.54, 1.807) is 17.0 Å². The smallest absolute Gasteiger partial charge is 0.251 e. The van der Waals surface area contributed by atoms with Gasteiger partial charge in [0.2, 0.25) is 11.8 Å². The third kappa shape index (κ3) is 6.89. The summed E-state index contributed by atoms with van der Waals surface area (Å²) in [7, 11) is 0. The number of carbonyl (C=O) groups excluding carboxylic acids is 3. The molecule has 0 unspecified atom stereocenters. The molecular formula is C26H34N4O3. The van der Waals surface area contributed by atoms with Crippen LogP contribution in [0.5, 0.6) is 0 Å². The van der Waals surface area contributed by atoms with Crippen LogP contribution < -0.4 is 10.6 Å². The van der Waals surface area contributed by atoms with Crippen LogP contribution in [0.4, 0.5) is 5.69 Å². The third-order valence-electron chi connectivity index (χ3n) is 6.19. The molecule has 7 nitrogen and oxygen atoms in total. The molecule has 2 aromatic carbocycles. The number of benzene rings is 2. The first-order valence-corrected chi connectivity index (χ1v) is 11.6. The summed E-state index contributed by atoms with van der Waals surface area (Å²) < 4.78 is 0. The van der Waals surface area contributed by atoms with Gasteiger partial charge in [0.05, 0.1) is 6.54 Å². The molecule has 0 aliphatic carbocycles. The molecule has 1 aliphatic heterocycles. The van der Waals surface area contributed by atoms with Crippen LogP contribution in [0.15, 0.2) is 54.6 Å². The predicted octanol–water partition coefficient (Wildman–Crippen LogP) is 2.92. The van der Waals surface area contributed by atoms with Gasteiger partial charge in [0.15, 0.2) is 0 Å². The van der Waals surface area contributed by atoms with E-state index in [-0.39, 0.29) is 30.2 Å². The molecular weight excluding hydrogens is 416 g/mol. The van der Waals surface area contributed by atoms with Gasteiger partial charge < -0.3 is 15.5 Å². The van der Waals surface area contributed by atoms with Crippen LogP contribution in [0.1, 0.15) is 36.2 Å². The lowest BCUT2D eigenvalue weighted by Crippen LogP contribution is -2.57. The quantitative estimate of drug-likeness (QED) is 0.648. The molecule has 176 valence electrons. The SMILES string of the molecule is CC[C@H](C)[C@H](NC(=O)c1ccccc1)C(=O)N1CCN(CC(=O)Nc2ccc(C)cc2)CC1. The average Bonchev–Trinajstić information content (AvgIpc) is 2.84. The van der Waals surface area contributed by atoms with Gasteiger partial charge in [-0.1, -0.05) is 56.2 Å². The van der Waals surface area contributed by atoms with E-state index in [9.17, 15) is 14.4 Å². The average molecular weight is 451 g/mol. The zero-order valence-corrected chi connectivity index (χ0v) is 19.7. The molecule has 33 heavy (non-hydrogen) atoms. The molecule has 2 N–H and O–H groups in total. The summed E-state index contributed by atoms with van der Waals surface area (Å²) >= 11 is 0. The Labute approximate surface area is 196 Å². The predicted molar refractivity (Wildman–Crippen MR) is 130 cm³/mol. The maximum atomic E-state index is 13.3. The minimum atomic E-state index is -0.570. The van der Waals surface area contributed by atoms with Gasteiger partial charge >= 0.3 is 0 Å². The second kappa shape index (κ2) is 11.6. The van der Waals surface area contributed by atoms with E-state index in [0.29, 0.717) is 31.7 Å². The summed E-state index contributed by atoms with van der Waals surface area (Å²) in [5, 5.41) is 5.87. The first-order valence-electron chi connectivity index (χ1n) is 11.6. The molecule has 1 heterocycles. The molecule has 3 amide bonds. The molecule has 0 radical (unpaired) electrons. The number of rotatable bonds is 8. The van der Waals surface area contributed by atoms with Crippen molar-refractivity contribution in [2.45, 2.75) is 33.2 Å². The summed E-state index contributed by atoms with van der Waals surface area (Å²) in [6, 6.07) is 16.1. The molecule has 3 rings (SSSR count). The van der Waals surface area contributed by atoms with Crippen LogP contribution >= 0.6 is 0 Å².